The SMILES string of the molecule is CO[C@@H](CC(C)CO)[C@H](O)C(=O)N[C@@H](OC)[C@@H]1CCC(C)(C)[C@@H](C[C@H](O)[C@@H](C)[C@H]2Cc3c(C)c(O)cc(O)c3C(=O)O2)O1. The Morgan fingerprint density at radius 3 is 2.42 bits per heavy atom. The summed E-state index contributed by atoms with van der Waals surface area (Å²) in [6.07, 6.45) is -3.79. The van der Waals surface area contributed by atoms with Gasteiger partial charge >= 0.3 is 5.97 Å². The zero-order valence-corrected chi connectivity index (χ0v) is 26.2. The van der Waals surface area contributed by atoms with Crippen molar-refractivity contribution in [1.82, 2.24) is 5.32 Å². The van der Waals surface area contributed by atoms with Gasteiger partial charge in [0.2, 0.25) is 0 Å². The van der Waals surface area contributed by atoms with Gasteiger partial charge in [0.25, 0.3) is 5.91 Å². The minimum atomic E-state index is -1.48. The number of aliphatic hydroxyl groups excluding tert-OH is 3. The van der Waals surface area contributed by atoms with Crippen LogP contribution >= 0.6 is 0 Å². The molecule has 0 aromatic heterocycles. The molecule has 3 rings (SSSR count). The molecule has 1 amide bonds. The Morgan fingerprint density at radius 2 is 1.81 bits per heavy atom. The predicted octanol–water partition coefficient (Wildman–Crippen LogP) is 1.93. The molecular weight excluding hydrogens is 562 g/mol. The Labute approximate surface area is 253 Å². The molecule has 0 saturated carbocycles. The van der Waals surface area contributed by atoms with Crippen LogP contribution in [0.3, 0.4) is 0 Å². The number of ether oxygens (including phenoxy) is 4. The number of carbonyl (C=O) groups is 2. The highest BCUT2D eigenvalue weighted by Gasteiger charge is 2.44. The second-order valence-electron chi connectivity index (χ2n) is 12.8. The average molecular weight is 612 g/mol. The molecule has 0 aliphatic carbocycles. The van der Waals surface area contributed by atoms with Crippen LogP contribution in [0.5, 0.6) is 11.5 Å². The minimum absolute atomic E-state index is 0.0327. The zero-order chi connectivity index (χ0) is 32.2. The van der Waals surface area contributed by atoms with E-state index in [4.69, 9.17) is 18.9 Å². The average Bonchev–Trinajstić information content (AvgIpc) is 2.96. The van der Waals surface area contributed by atoms with Gasteiger partial charge in [0.1, 0.15) is 29.3 Å². The van der Waals surface area contributed by atoms with Gasteiger partial charge in [-0.05, 0) is 48.6 Å². The van der Waals surface area contributed by atoms with Gasteiger partial charge in [-0.15, -0.1) is 0 Å². The molecule has 12 heteroatoms. The van der Waals surface area contributed by atoms with E-state index >= 15 is 0 Å². The lowest BCUT2D eigenvalue weighted by atomic mass is 9.75. The molecule has 2 aliphatic heterocycles. The van der Waals surface area contributed by atoms with E-state index in [2.05, 4.69) is 5.32 Å². The van der Waals surface area contributed by atoms with Gasteiger partial charge in [0, 0.05) is 45.7 Å². The van der Waals surface area contributed by atoms with E-state index in [-0.39, 0.29) is 54.3 Å². The minimum Gasteiger partial charge on any atom is -0.508 e. The summed E-state index contributed by atoms with van der Waals surface area (Å²) in [7, 11) is 2.82. The summed E-state index contributed by atoms with van der Waals surface area (Å²) in [5.74, 6) is -2.52. The maximum absolute atomic E-state index is 12.9. The number of hydrogen-bond acceptors (Lipinski definition) is 11. The van der Waals surface area contributed by atoms with Gasteiger partial charge in [-0.3, -0.25) is 4.79 Å². The van der Waals surface area contributed by atoms with Gasteiger partial charge in [-0.2, -0.15) is 0 Å². The third kappa shape index (κ3) is 7.98. The van der Waals surface area contributed by atoms with Crippen molar-refractivity contribution in [2.24, 2.45) is 17.3 Å². The third-order valence-corrected chi connectivity index (χ3v) is 9.21. The highest BCUT2D eigenvalue weighted by molar-refractivity contribution is 5.96. The van der Waals surface area contributed by atoms with Crippen molar-refractivity contribution in [2.75, 3.05) is 20.8 Å². The van der Waals surface area contributed by atoms with Crippen LogP contribution in [0.2, 0.25) is 0 Å². The zero-order valence-electron chi connectivity index (χ0n) is 26.2. The van der Waals surface area contributed by atoms with Gasteiger partial charge in [0.15, 0.2) is 12.3 Å². The summed E-state index contributed by atoms with van der Waals surface area (Å²) < 4.78 is 22.9. The van der Waals surface area contributed by atoms with Gasteiger partial charge < -0.3 is 49.8 Å². The Kier molecular flexibility index (Phi) is 11.8. The van der Waals surface area contributed by atoms with Gasteiger partial charge in [0.05, 0.1) is 18.3 Å². The van der Waals surface area contributed by atoms with Crippen LogP contribution in [0, 0.1) is 24.2 Å². The number of hydrogen-bond donors (Lipinski definition) is 6. The molecule has 1 saturated heterocycles. The van der Waals surface area contributed by atoms with Crippen molar-refractivity contribution in [3.63, 3.8) is 0 Å². The number of benzene rings is 1. The molecule has 0 spiro atoms. The number of phenolic OH excluding ortho intramolecular Hbond substituents is 2. The molecule has 9 atom stereocenters. The standard InChI is InChI=1S/C31H49NO11/c1-15(14-33)10-24(40-6)27(37)28(38)32-29(41-7)22-8-9-31(4,5)25(42-22)13-20(35)17(3)23-11-18-16(2)19(34)12-21(36)26(18)30(39)43-23/h12,15,17,20,22-25,27,29,33-37H,8-11,13-14H2,1-7H3,(H,32,38)/t15?,17-,20+,22+,23-,24+,25-,27+,29+/m1/s1. The predicted molar refractivity (Wildman–Crippen MR) is 155 cm³/mol. The topological polar surface area (TPSA) is 184 Å². The first kappa shape index (κ1) is 35.0. The Morgan fingerprint density at radius 1 is 1.14 bits per heavy atom. The first-order valence-electron chi connectivity index (χ1n) is 14.9. The van der Waals surface area contributed by atoms with E-state index in [1.54, 1.807) is 20.8 Å². The second-order valence-corrected chi connectivity index (χ2v) is 12.8. The van der Waals surface area contributed by atoms with Crippen molar-refractivity contribution >= 4 is 11.9 Å². The molecule has 0 bridgehead atoms. The van der Waals surface area contributed by atoms with E-state index in [0.29, 0.717) is 24.0 Å². The molecule has 43 heavy (non-hydrogen) atoms. The number of amides is 1. The molecule has 1 aromatic carbocycles. The Hall–Kier alpha value is -2.48. The summed E-state index contributed by atoms with van der Waals surface area (Å²) in [4.78, 5) is 25.7. The fraction of sp³-hybridized carbons (Fsp3) is 0.742. The number of methoxy groups -OCH3 is 2. The molecule has 0 radical (unpaired) electrons. The number of phenols is 2. The molecule has 1 aromatic rings. The quantitative estimate of drug-likeness (QED) is 0.141. The van der Waals surface area contributed by atoms with Gasteiger partial charge in [-0.25, -0.2) is 4.79 Å². The van der Waals surface area contributed by atoms with Crippen LogP contribution in [0.25, 0.3) is 0 Å². The van der Waals surface area contributed by atoms with Crippen LogP contribution in [-0.2, 0) is 30.2 Å². The third-order valence-electron chi connectivity index (χ3n) is 9.21. The van der Waals surface area contributed by atoms with E-state index in [9.17, 15) is 35.1 Å². The van der Waals surface area contributed by atoms with Crippen LogP contribution in [0.1, 0.15) is 74.9 Å². The Bertz CT molecular complexity index is 1130. The van der Waals surface area contributed by atoms with Crippen molar-refractivity contribution in [2.45, 2.75) is 110 Å². The highest BCUT2D eigenvalue weighted by atomic mass is 16.6. The van der Waals surface area contributed by atoms with Crippen molar-refractivity contribution < 1.29 is 54.1 Å². The lowest BCUT2D eigenvalue weighted by Crippen LogP contribution is -2.55. The number of carbonyl (C=O) groups excluding carboxylic acids is 2. The number of aliphatic hydroxyl groups is 3. The van der Waals surface area contributed by atoms with Crippen LogP contribution in [0.4, 0.5) is 0 Å². The summed E-state index contributed by atoms with van der Waals surface area (Å²) >= 11 is 0. The molecule has 2 heterocycles. The largest absolute Gasteiger partial charge is 0.508 e. The van der Waals surface area contributed by atoms with E-state index in [1.165, 1.54) is 14.2 Å². The van der Waals surface area contributed by atoms with Crippen molar-refractivity contribution in [1.29, 1.82) is 0 Å². The number of aromatic hydroxyl groups is 2. The van der Waals surface area contributed by atoms with E-state index < -0.39 is 60.6 Å². The first-order chi connectivity index (χ1) is 20.1. The first-order valence-corrected chi connectivity index (χ1v) is 14.9. The second kappa shape index (κ2) is 14.5. The van der Waals surface area contributed by atoms with Crippen LogP contribution in [-0.4, -0.2) is 101 Å². The smallest absolute Gasteiger partial charge is 0.342 e. The fourth-order valence-electron chi connectivity index (χ4n) is 5.96. The monoisotopic (exact) mass is 611 g/mol. The molecule has 1 unspecified atom stereocenters. The normalized spacial score (nSPS) is 25.9. The van der Waals surface area contributed by atoms with Crippen molar-refractivity contribution in [3.05, 3.63) is 22.8 Å². The number of rotatable bonds is 13. The molecule has 2 aliphatic rings. The summed E-state index contributed by atoms with van der Waals surface area (Å²) in [6, 6.07) is 1.12. The van der Waals surface area contributed by atoms with E-state index in [1.807, 2.05) is 13.8 Å². The maximum Gasteiger partial charge on any atom is 0.342 e. The highest BCUT2D eigenvalue weighted by Crippen LogP contribution is 2.41. The van der Waals surface area contributed by atoms with Crippen LogP contribution < -0.4 is 5.32 Å². The fourth-order valence-corrected chi connectivity index (χ4v) is 5.96. The van der Waals surface area contributed by atoms with Crippen LogP contribution in [0.15, 0.2) is 6.07 Å². The summed E-state index contributed by atoms with van der Waals surface area (Å²) in [5, 5.41) is 54.4. The summed E-state index contributed by atoms with van der Waals surface area (Å²) in [5.41, 5.74) is 0.679. The number of nitrogens with one attached hydrogen (secondary N) is 1. The molecule has 1 fully saturated rings. The molecule has 12 nitrogen and oxygen atoms in total. The van der Waals surface area contributed by atoms with Crippen molar-refractivity contribution in [3.8, 4) is 11.5 Å². The maximum atomic E-state index is 12.9. The molecular formula is C31H49NO11. The molecule has 244 valence electrons. The number of esters is 1. The van der Waals surface area contributed by atoms with Gasteiger partial charge in [-0.1, -0.05) is 27.7 Å². The lowest BCUT2D eigenvalue weighted by Gasteiger charge is -2.45. The lowest BCUT2D eigenvalue weighted by molar-refractivity contribution is -0.183. The Balaban J connectivity index is 1.68. The van der Waals surface area contributed by atoms with E-state index in [0.717, 1.165) is 6.07 Å². The number of fused-ring (bicyclic) bond motifs is 1. The number of cyclic esters (lactones) is 1. The summed E-state index contributed by atoms with van der Waals surface area (Å²) in [6.45, 7) is 9.20. The molecule has 6 N–H and O–H groups in total.